The highest BCUT2D eigenvalue weighted by Crippen LogP contribution is 2.39. The topological polar surface area (TPSA) is 37.3 Å². The summed E-state index contributed by atoms with van der Waals surface area (Å²) in [6.07, 6.45) is 2.26. The number of hydrogen-bond donors (Lipinski definition) is 1. The molecule has 4 nitrogen and oxygen atoms in total. The average Bonchev–Trinajstić information content (AvgIpc) is 2.80. The molecule has 1 N–H and O–H groups in total. The van der Waals surface area contributed by atoms with E-state index in [1.54, 1.807) is 6.92 Å². The first-order chi connectivity index (χ1) is 8.65. The second-order valence-corrected chi connectivity index (χ2v) is 5.51. The van der Waals surface area contributed by atoms with Crippen LogP contribution in [-0.2, 0) is 12.1 Å². The highest BCUT2D eigenvalue weighted by molar-refractivity contribution is 5.92. The van der Waals surface area contributed by atoms with Crippen LogP contribution in [0.1, 0.15) is 35.9 Å². The van der Waals surface area contributed by atoms with Crippen LogP contribution in [0.3, 0.4) is 0 Å². The largest absolute Gasteiger partial charge is 0.339 e. The van der Waals surface area contributed by atoms with Crippen molar-refractivity contribution in [2.24, 2.45) is 0 Å². The molecule has 0 aromatic carbocycles. The van der Waals surface area contributed by atoms with Crippen LogP contribution in [0, 0.1) is 0 Å². The molecule has 0 saturated carbocycles. The Balaban J connectivity index is 2.09. The molecule has 0 radical (unpaired) electrons. The van der Waals surface area contributed by atoms with Crippen molar-refractivity contribution >= 4 is 5.78 Å². The molecule has 1 aromatic rings. The van der Waals surface area contributed by atoms with E-state index >= 15 is 0 Å². The predicted octanol–water partition coefficient (Wildman–Crippen LogP) is 1.21. The van der Waals surface area contributed by atoms with Crippen molar-refractivity contribution in [1.29, 1.82) is 0 Å². The molecular weight excluding hydrogens is 226 g/mol. The molecule has 0 unspecified atom stereocenters. The smallest absolute Gasteiger partial charge is 0.176 e. The van der Waals surface area contributed by atoms with Crippen molar-refractivity contribution < 1.29 is 4.79 Å². The van der Waals surface area contributed by atoms with Gasteiger partial charge in [0.2, 0.25) is 0 Å². The zero-order valence-corrected chi connectivity index (χ0v) is 11.2. The monoisotopic (exact) mass is 247 g/mol. The maximum absolute atomic E-state index is 11.7. The van der Waals surface area contributed by atoms with Crippen LogP contribution in [0.25, 0.3) is 0 Å². The first-order valence-electron chi connectivity index (χ1n) is 6.78. The highest BCUT2D eigenvalue weighted by atomic mass is 16.1. The molecule has 1 fully saturated rings. The number of nitrogens with zero attached hydrogens (tertiary/aromatic N) is 2. The van der Waals surface area contributed by atoms with E-state index in [-0.39, 0.29) is 11.3 Å². The number of piperidine rings is 1. The number of carbonyl (C=O) groups excluding carboxylic acids is 1. The van der Waals surface area contributed by atoms with Crippen LogP contribution < -0.4 is 5.32 Å². The molecule has 0 amide bonds. The summed E-state index contributed by atoms with van der Waals surface area (Å²) in [7, 11) is 2.22. The zero-order valence-electron chi connectivity index (χ0n) is 11.2. The molecule has 1 spiro atoms. The standard InChI is InChI=1S/C14H21N3O/c1-11(18)12-3-4-13-14(5-7-15-8-6-14)16(2)9-10-17(12)13/h3-4,15H,5-10H2,1-2H3. The van der Waals surface area contributed by atoms with Gasteiger partial charge in [0, 0.05) is 25.7 Å². The summed E-state index contributed by atoms with van der Waals surface area (Å²) >= 11 is 0. The Labute approximate surface area is 108 Å². The van der Waals surface area contributed by atoms with Crippen LogP contribution in [0.15, 0.2) is 12.1 Å². The molecule has 4 heteroatoms. The second kappa shape index (κ2) is 4.21. The fourth-order valence-electron chi connectivity index (χ4n) is 3.56. The van der Waals surface area contributed by atoms with E-state index < -0.39 is 0 Å². The average molecular weight is 247 g/mol. The molecule has 2 aliphatic rings. The van der Waals surface area contributed by atoms with E-state index in [1.165, 1.54) is 5.69 Å². The molecule has 1 saturated heterocycles. The van der Waals surface area contributed by atoms with Gasteiger partial charge >= 0.3 is 0 Å². The Morgan fingerprint density at radius 3 is 2.67 bits per heavy atom. The van der Waals surface area contributed by atoms with Gasteiger partial charge in [-0.25, -0.2) is 0 Å². The number of carbonyl (C=O) groups is 1. The molecule has 0 bridgehead atoms. The van der Waals surface area contributed by atoms with Crippen molar-refractivity contribution in [1.82, 2.24) is 14.8 Å². The van der Waals surface area contributed by atoms with E-state index in [2.05, 4.69) is 27.9 Å². The van der Waals surface area contributed by atoms with Crippen molar-refractivity contribution in [2.75, 3.05) is 26.7 Å². The second-order valence-electron chi connectivity index (χ2n) is 5.51. The third kappa shape index (κ3) is 1.56. The van der Waals surface area contributed by atoms with Gasteiger partial charge in [-0.15, -0.1) is 0 Å². The molecule has 3 heterocycles. The minimum Gasteiger partial charge on any atom is -0.339 e. The van der Waals surface area contributed by atoms with Gasteiger partial charge in [0.1, 0.15) is 0 Å². The number of nitrogens with one attached hydrogen (secondary N) is 1. The van der Waals surface area contributed by atoms with Crippen molar-refractivity contribution in [3.8, 4) is 0 Å². The van der Waals surface area contributed by atoms with Gasteiger partial charge in [0.05, 0.1) is 11.2 Å². The number of likely N-dealkylation sites (N-methyl/N-ethyl adjacent to an activating group) is 1. The third-order valence-corrected chi connectivity index (χ3v) is 4.64. The number of aromatic nitrogens is 1. The van der Waals surface area contributed by atoms with E-state index in [9.17, 15) is 4.79 Å². The first kappa shape index (κ1) is 11.9. The summed E-state index contributed by atoms with van der Waals surface area (Å²) in [5, 5.41) is 3.43. The van der Waals surface area contributed by atoms with Gasteiger partial charge < -0.3 is 9.88 Å². The van der Waals surface area contributed by atoms with Gasteiger partial charge in [-0.2, -0.15) is 0 Å². The van der Waals surface area contributed by atoms with Crippen molar-refractivity contribution in [2.45, 2.75) is 31.8 Å². The molecular formula is C14H21N3O. The summed E-state index contributed by atoms with van der Waals surface area (Å²) in [5.41, 5.74) is 2.34. The maximum Gasteiger partial charge on any atom is 0.176 e. The normalized spacial score (nSPS) is 23.0. The number of ketones is 1. The lowest BCUT2D eigenvalue weighted by Gasteiger charge is -2.48. The third-order valence-electron chi connectivity index (χ3n) is 4.64. The summed E-state index contributed by atoms with van der Waals surface area (Å²) in [5.74, 6) is 0.176. The molecule has 98 valence electrons. The summed E-state index contributed by atoms with van der Waals surface area (Å²) in [4.78, 5) is 14.2. The molecule has 3 rings (SSSR count). The van der Waals surface area contributed by atoms with Gasteiger partial charge in [-0.1, -0.05) is 0 Å². The summed E-state index contributed by atoms with van der Waals surface area (Å²) < 4.78 is 2.24. The Hall–Kier alpha value is -1.13. The fourth-order valence-corrected chi connectivity index (χ4v) is 3.56. The van der Waals surface area contributed by atoms with Crippen LogP contribution in [0.2, 0.25) is 0 Å². The highest BCUT2D eigenvalue weighted by Gasteiger charge is 2.42. The molecule has 0 aliphatic carbocycles. The zero-order chi connectivity index (χ0) is 12.8. The number of Topliss-reactive ketones (excluding diaryl/α,β-unsaturated/α-hetero) is 1. The van der Waals surface area contributed by atoms with Crippen molar-refractivity contribution in [3.05, 3.63) is 23.5 Å². The SMILES string of the molecule is CC(=O)c1ccc2n1CCN(C)C21CCNCC1. The summed E-state index contributed by atoms with van der Waals surface area (Å²) in [6, 6.07) is 4.17. The number of rotatable bonds is 1. The van der Waals surface area contributed by atoms with Gasteiger partial charge in [-0.05, 0) is 45.1 Å². The Morgan fingerprint density at radius 2 is 2.00 bits per heavy atom. The van der Waals surface area contributed by atoms with Crippen LogP contribution in [0.5, 0.6) is 0 Å². The minimum atomic E-state index is 0.136. The van der Waals surface area contributed by atoms with Crippen LogP contribution >= 0.6 is 0 Å². The predicted molar refractivity (Wildman–Crippen MR) is 70.8 cm³/mol. The summed E-state index contributed by atoms with van der Waals surface area (Å²) in [6.45, 7) is 5.75. The quantitative estimate of drug-likeness (QED) is 0.758. The molecule has 18 heavy (non-hydrogen) atoms. The van der Waals surface area contributed by atoms with Gasteiger partial charge in [0.15, 0.2) is 5.78 Å². The Bertz CT molecular complexity index is 471. The Kier molecular flexibility index (Phi) is 2.79. The maximum atomic E-state index is 11.7. The molecule has 2 aliphatic heterocycles. The van der Waals surface area contributed by atoms with Gasteiger partial charge in [-0.3, -0.25) is 9.69 Å². The lowest BCUT2D eigenvalue weighted by atomic mass is 9.82. The number of hydrogen-bond acceptors (Lipinski definition) is 3. The number of fused-ring (bicyclic) bond motifs is 2. The fraction of sp³-hybridized carbons (Fsp3) is 0.643. The molecule has 0 atom stereocenters. The Morgan fingerprint density at radius 1 is 1.28 bits per heavy atom. The lowest BCUT2D eigenvalue weighted by molar-refractivity contribution is 0.0474. The van der Waals surface area contributed by atoms with E-state index in [0.29, 0.717) is 0 Å². The van der Waals surface area contributed by atoms with Crippen LogP contribution in [-0.4, -0.2) is 41.9 Å². The van der Waals surface area contributed by atoms with E-state index in [4.69, 9.17) is 0 Å². The lowest BCUT2D eigenvalue weighted by Crippen LogP contribution is -2.55. The van der Waals surface area contributed by atoms with Crippen molar-refractivity contribution in [3.63, 3.8) is 0 Å². The van der Waals surface area contributed by atoms with E-state index in [0.717, 1.165) is 44.7 Å². The molecule has 1 aromatic heterocycles. The van der Waals surface area contributed by atoms with E-state index in [1.807, 2.05) is 6.07 Å². The van der Waals surface area contributed by atoms with Gasteiger partial charge in [0.25, 0.3) is 0 Å². The van der Waals surface area contributed by atoms with Crippen LogP contribution in [0.4, 0.5) is 0 Å². The first-order valence-corrected chi connectivity index (χ1v) is 6.78. The minimum absolute atomic E-state index is 0.136.